The fraction of sp³-hybridized carbons (Fsp3) is 0.200. The normalized spacial score (nSPS) is 12.5. The molecule has 0 bridgehead atoms. The van der Waals surface area contributed by atoms with E-state index in [1.54, 1.807) is 50.2 Å². The Bertz CT molecular complexity index is 1500. The van der Waals surface area contributed by atoms with Crippen LogP contribution in [0.25, 0.3) is 10.9 Å². The Hall–Kier alpha value is -3.56. The summed E-state index contributed by atoms with van der Waals surface area (Å²) >= 11 is 6.16. The fourth-order valence-corrected chi connectivity index (χ4v) is 5.82. The van der Waals surface area contributed by atoms with Gasteiger partial charge in [-0.3, -0.25) is 9.59 Å². The molecule has 0 saturated carbocycles. The molecule has 0 spiro atoms. The van der Waals surface area contributed by atoms with Crippen LogP contribution in [-0.4, -0.2) is 31.3 Å². The number of benzene rings is 2. The molecule has 0 aliphatic carbocycles. The van der Waals surface area contributed by atoms with Crippen molar-refractivity contribution in [3.63, 3.8) is 0 Å². The van der Waals surface area contributed by atoms with E-state index >= 15 is 0 Å². The van der Waals surface area contributed by atoms with Crippen LogP contribution in [0.15, 0.2) is 69.0 Å². The number of rotatable bonds is 7. The van der Waals surface area contributed by atoms with Crippen molar-refractivity contribution in [2.45, 2.75) is 43.1 Å². The van der Waals surface area contributed by atoms with Crippen molar-refractivity contribution >= 4 is 44.2 Å². The molecule has 2 aromatic carbocycles. The minimum atomic E-state index is -4.12. The quantitative estimate of drug-likeness (QED) is 0.340. The number of aromatic amines is 1. The van der Waals surface area contributed by atoms with Crippen LogP contribution >= 0.6 is 11.6 Å². The summed E-state index contributed by atoms with van der Waals surface area (Å²) in [7, 11) is -4.12. The lowest BCUT2D eigenvalue weighted by atomic mass is 10.2. The van der Waals surface area contributed by atoms with Gasteiger partial charge in [-0.25, -0.2) is 8.42 Å². The number of H-pyrrole nitrogens is 1. The Kier molecular flexibility index (Phi) is 6.73. The lowest BCUT2D eigenvalue weighted by Crippen LogP contribution is -2.44. The standard InChI is InChI=1S/C25H24ClN3O5S/c1-14-9-15(2)11-19(10-14)35(32,33)23-20-12-17(26)6-7-21(20)29-22(23)25(31)28-16(3)24(30)27-13-18-5-4-8-34-18/h4-12,16,29H,13H2,1-3H3,(H,27,30)(H,28,31)/t16-/m0/s1. The van der Waals surface area contributed by atoms with Crippen molar-refractivity contribution in [2.24, 2.45) is 0 Å². The molecule has 2 aromatic heterocycles. The van der Waals surface area contributed by atoms with Crippen LogP contribution in [0.1, 0.15) is 34.3 Å². The summed E-state index contributed by atoms with van der Waals surface area (Å²) in [6, 6.07) is 12.1. The molecule has 8 nitrogen and oxygen atoms in total. The molecule has 182 valence electrons. The maximum atomic E-state index is 13.8. The molecule has 2 heterocycles. The van der Waals surface area contributed by atoms with E-state index in [4.69, 9.17) is 16.0 Å². The van der Waals surface area contributed by atoms with Gasteiger partial charge in [-0.15, -0.1) is 0 Å². The van der Waals surface area contributed by atoms with Crippen LogP contribution in [0.5, 0.6) is 0 Å². The number of carbonyl (C=O) groups is 2. The first kappa shape index (κ1) is 24.6. The second-order valence-electron chi connectivity index (χ2n) is 8.34. The smallest absolute Gasteiger partial charge is 0.269 e. The van der Waals surface area contributed by atoms with Gasteiger partial charge in [0.15, 0.2) is 0 Å². The van der Waals surface area contributed by atoms with Crippen LogP contribution in [-0.2, 0) is 21.2 Å². The minimum absolute atomic E-state index is 0.0640. The van der Waals surface area contributed by atoms with E-state index in [-0.39, 0.29) is 27.4 Å². The molecule has 0 saturated heterocycles. The Morgan fingerprint density at radius 2 is 1.80 bits per heavy atom. The van der Waals surface area contributed by atoms with E-state index in [0.717, 1.165) is 11.1 Å². The topological polar surface area (TPSA) is 121 Å². The second-order valence-corrected chi connectivity index (χ2v) is 10.7. The first-order valence-electron chi connectivity index (χ1n) is 10.8. The third-order valence-corrected chi connectivity index (χ3v) is 7.52. The molecule has 0 aliphatic rings. The number of aryl methyl sites for hydroxylation is 2. The third-order valence-electron chi connectivity index (χ3n) is 5.47. The number of aromatic nitrogens is 1. The highest BCUT2D eigenvalue weighted by molar-refractivity contribution is 7.91. The molecule has 0 aliphatic heterocycles. The van der Waals surface area contributed by atoms with Gasteiger partial charge in [-0.05, 0) is 74.4 Å². The zero-order valence-corrected chi connectivity index (χ0v) is 20.9. The summed E-state index contributed by atoms with van der Waals surface area (Å²) < 4.78 is 32.7. The van der Waals surface area contributed by atoms with Crippen molar-refractivity contribution < 1.29 is 22.4 Å². The summed E-state index contributed by atoms with van der Waals surface area (Å²) in [6.45, 7) is 5.26. The monoisotopic (exact) mass is 513 g/mol. The summed E-state index contributed by atoms with van der Waals surface area (Å²) in [4.78, 5) is 28.5. The van der Waals surface area contributed by atoms with Crippen LogP contribution in [0.3, 0.4) is 0 Å². The number of carbonyl (C=O) groups excluding carboxylic acids is 2. The van der Waals surface area contributed by atoms with Crippen LogP contribution in [0, 0.1) is 13.8 Å². The highest BCUT2D eigenvalue weighted by atomic mass is 35.5. The zero-order valence-electron chi connectivity index (χ0n) is 19.3. The van der Waals surface area contributed by atoms with E-state index in [1.807, 2.05) is 6.07 Å². The lowest BCUT2D eigenvalue weighted by molar-refractivity contribution is -0.122. The largest absolute Gasteiger partial charge is 0.467 e. The van der Waals surface area contributed by atoms with Crippen LogP contribution < -0.4 is 10.6 Å². The van der Waals surface area contributed by atoms with Crippen LogP contribution in [0.2, 0.25) is 5.02 Å². The molecule has 4 aromatic rings. The maximum absolute atomic E-state index is 13.8. The van der Waals surface area contributed by atoms with E-state index in [0.29, 0.717) is 16.3 Å². The molecule has 35 heavy (non-hydrogen) atoms. The van der Waals surface area contributed by atoms with Crippen molar-refractivity contribution in [3.05, 3.63) is 82.4 Å². The highest BCUT2D eigenvalue weighted by Gasteiger charge is 2.31. The average molecular weight is 514 g/mol. The first-order chi connectivity index (χ1) is 16.6. The average Bonchev–Trinajstić information content (AvgIpc) is 3.44. The van der Waals surface area contributed by atoms with Gasteiger partial charge in [0.25, 0.3) is 5.91 Å². The predicted molar refractivity (Wildman–Crippen MR) is 132 cm³/mol. The zero-order chi connectivity index (χ0) is 25.3. The molecule has 4 rings (SSSR count). The van der Waals surface area contributed by atoms with E-state index < -0.39 is 27.7 Å². The van der Waals surface area contributed by atoms with E-state index in [1.165, 1.54) is 19.3 Å². The molecule has 3 N–H and O–H groups in total. The predicted octanol–water partition coefficient (Wildman–Crippen LogP) is 4.30. The second kappa shape index (κ2) is 9.59. The van der Waals surface area contributed by atoms with Gasteiger partial charge in [-0.2, -0.15) is 0 Å². The number of furan rings is 1. The molecule has 2 amide bonds. The molecule has 0 fully saturated rings. The molecule has 0 radical (unpaired) electrons. The van der Waals surface area contributed by atoms with Gasteiger partial charge in [0, 0.05) is 15.9 Å². The Labute approximate surface area is 207 Å². The summed E-state index contributed by atoms with van der Waals surface area (Å²) in [5.41, 5.74) is 1.80. The number of nitrogens with one attached hydrogen (secondary N) is 3. The Morgan fingerprint density at radius 3 is 2.46 bits per heavy atom. The number of hydrogen-bond donors (Lipinski definition) is 3. The Morgan fingerprint density at radius 1 is 1.09 bits per heavy atom. The van der Waals surface area contributed by atoms with Crippen molar-refractivity contribution in [2.75, 3.05) is 0 Å². The van der Waals surface area contributed by atoms with Gasteiger partial charge < -0.3 is 20.0 Å². The van der Waals surface area contributed by atoms with Gasteiger partial charge >= 0.3 is 0 Å². The summed E-state index contributed by atoms with van der Waals surface area (Å²) in [6.07, 6.45) is 1.49. The summed E-state index contributed by atoms with van der Waals surface area (Å²) in [5, 5.41) is 5.86. The molecular formula is C25H24ClN3O5S. The maximum Gasteiger partial charge on any atom is 0.269 e. The third kappa shape index (κ3) is 5.11. The van der Waals surface area contributed by atoms with Crippen LogP contribution in [0.4, 0.5) is 0 Å². The Balaban J connectivity index is 1.70. The summed E-state index contributed by atoms with van der Waals surface area (Å²) in [5.74, 6) is -0.625. The van der Waals surface area contributed by atoms with E-state index in [2.05, 4.69) is 15.6 Å². The highest BCUT2D eigenvalue weighted by Crippen LogP contribution is 2.34. The van der Waals surface area contributed by atoms with Gasteiger partial charge in [0.1, 0.15) is 22.4 Å². The van der Waals surface area contributed by atoms with Gasteiger partial charge in [0.2, 0.25) is 15.7 Å². The van der Waals surface area contributed by atoms with Crippen molar-refractivity contribution in [3.8, 4) is 0 Å². The number of halogens is 1. The van der Waals surface area contributed by atoms with Crippen molar-refractivity contribution in [1.29, 1.82) is 0 Å². The lowest BCUT2D eigenvalue weighted by Gasteiger charge is -2.14. The molecule has 0 unspecified atom stereocenters. The van der Waals surface area contributed by atoms with Crippen molar-refractivity contribution in [1.82, 2.24) is 15.6 Å². The SMILES string of the molecule is Cc1cc(C)cc(S(=O)(=O)c2c(C(=O)N[C@@H](C)C(=O)NCc3ccco3)[nH]c3ccc(Cl)cc23)c1. The van der Waals surface area contributed by atoms with Gasteiger partial charge in [0.05, 0.1) is 17.7 Å². The van der Waals surface area contributed by atoms with E-state index in [9.17, 15) is 18.0 Å². The number of amides is 2. The van der Waals surface area contributed by atoms with Gasteiger partial charge in [-0.1, -0.05) is 17.7 Å². The molecule has 1 atom stereocenters. The molecular weight excluding hydrogens is 490 g/mol. The number of hydrogen-bond acceptors (Lipinski definition) is 5. The molecule has 10 heteroatoms. The number of sulfone groups is 1. The fourth-order valence-electron chi connectivity index (χ4n) is 3.86. The first-order valence-corrected chi connectivity index (χ1v) is 12.7. The number of fused-ring (bicyclic) bond motifs is 1. The minimum Gasteiger partial charge on any atom is -0.467 e.